The standard InChI is InChI=1S/C12H12Br2O2/c1-11(7-12(11,13)14)8-16-10(15)9-5-3-2-4-6-9/h2-6H,7-8H2,1H3. The molecular formula is C12H12Br2O2. The van der Waals surface area contributed by atoms with Crippen molar-refractivity contribution in [2.75, 3.05) is 6.61 Å². The van der Waals surface area contributed by atoms with Crippen LogP contribution in [0.2, 0.25) is 0 Å². The molecule has 2 nitrogen and oxygen atoms in total. The van der Waals surface area contributed by atoms with Crippen LogP contribution < -0.4 is 0 Å². The van der Waals surface area contributed by atoms with Crippen LogP contribution in [0.25, 0.3) is 0 Å². The van der Waals surface area contributed by atoms with Crippen LogP contribution in [0.15, 0.2) is 30.3 Å². The molecule has 0 N–H and O–H groups in total. The summed E-state index contributed by atoms with van der Waals surface area (Å²) >= 11 is 7.08. The minimum atomic E-state index is -0.260. The predicted molar refractivity (Wildman–Crippen MR) is 70.0 cm³/mol. The Labute approximate surface area is 112 Å². The Morgan fingerprint density at radius 1 is 1.38 bits per heavy atom. The van der Waals surface area contributed by atoms with Gasteiger partial charge in [-0.1, -0.05) is 57.0 Å². The lowest BCUT2D eigenvalue weighted by atomic mass is 10.2. The van der Waals surface area contributed by atoms with E-state index < -0.39 is 0 Å². The number of carbonyl (C=O) groups is 1. The Bertz CT molecular complexity index is 403. The van der Waals surface area contributed by atoms with Gasteiger partial charge in [-0.25, -0.2) is 4.79 Å². The van der Waals surface area contributed by atoms with Gasteiger partial charge < -0.3 is 4.74 Å². The summed E-state index contributed by atoms with van der Waals surface area (Å²) in [4.78, 5) is 11.7. The first kappa shape index (κ1) is 12.1. The van der Waals surface area contributed by atoms with Gasteiger partial charge in [0.05, 0.1) is 15.4 Å². The van der Waals surface area contributed by atoms with Crippen molar-refractivity contribution in [1.82, 2.24) is 0 Å². The minimum Gasteiger partial charge on any atom is -0.461 e. The fraction of sp³-hybridized carbons (Fsp3) is 0.417. The predicted octanol–water partition coefficient (Wildman–Crippen LogP) is 3.74. The molecule has 1 aliphatic carbocycles. The first-order chi connectivity index (χ1) is 7.45. The van der Waals surface area contributed by atoms with Crippen molar-refractivity contribution in [3.63, 3.8) is 0 Å². The Balaban J connectivity index is 1.91. The van der Waals surface area contributed by atoms with E-state index in [1.54, 1.807) is 12.1 Å². The van der Waals surface area contributed by atoms with Gasteiger partial charge in [-0.2, -0.15) is 0 Å². The third-order valence-electron chi connectivity index (χ3n) is 2.90. The van der Waals surface area contributed by atoms with Crippen LogP contribution in [0, 0.1) is 5.41 Å². The zero-order valence-corrected chi connectivity index (χ0v) is 12.0. The molecule has 0 radical (unpaired) electrons. The van der Waals surface area contributed by atoms with Gasteiger partial charge in [-0.15, -0.1) is 0 Å². The highest BCUT2D eigenvalue weighted by molar-refractivity contribution is 9.25. The summed E-state index contributed by atoms with van der Waals surface area (Å²) in [5, 5.41) is 0. The maximum atomic E-state index is 11.7. The maximum Gasteiger partial charge on any atom is 0.338 e. The zero-order valence-electron chi connectivity index (χ0n) is 8.87. The van der Waals surface area contributed by atoms with Crippen molar-refractivity contribution in [1.29, 1.82) is 0 Å². The number of ether oxygens (including phenoxy) is 1. The lowest BCUT2D eigenvalue weighted by Crippen LogP contribution is -2.16. The molecule has 0 spiro atoms. The van der Waals surface area contributed by atoms with E-state index in [1.165, 1.54) is 0 Å². The van der Waals surface area contributed by atoms with Crippen molar-refractivity contribution >= 4 is 37.8 Å². The van der Waals surface area contributed by atoms with Crippen molar-refractivity contribution in [2.45, 2.75) is 16.6 Å². The van der Waals surface area contributed by atoms with E-state index in [0.29, 0.717) is 12.2 Å². The monoisotopic (exact) mass is 346 g/mol. The fourth-order valence-corrected chi connectivity index (χ4v) is 2.95. The Hall–Kier alpha value is -0.350. The molecule has 86 valence electrons. The second-order valence-corrected chi connectivity index (χ2v) is 8.16. The molecule has 1 aliphatic rings. The van der Waals surface area contributed by atoms with Crippen LogP contribution in [-0.4, -0.2) is 15.8 Å². The number of benzene rings is 1. The molecule has 0 aliphatic heterocycles. The molecule has 1 unspecified atom stereocenters. The Morgan fingerprint density at radius 3 is 2.44 bits per heavy atom. The molecule has 1 atom stereocenters. The van der Waals surface area contributed by atoms with Crippen molar-refractivity contribution < 1.29 is 9.53 Å². The van der Waals surface area contributed by atoms with E-state index in [1.807, 2.05) is 18.2 Å². The molecular weight excluding hydrogens is 336 g/mol. The second-order valence-electron chi connectivity index (χ2n) is 4.38. The molecule has 2 rings (SSSR count). The lowest BCUT2D eigenvalue weighted by molar-refractivity contribution is 0.0430. The quantitative estimate of drug-likeness (QED) is 0.615. The smallest absolute Gasteiger partial charge is 0.338 e. The third kappa shape index (κ3) is 2.33. The SMILES string of the molecule is CC1(COC(=O)c2ccccc2)CC1(Br)Br. The summed E-state index contributed by atoms with van der Waals surface area (Å²) in [6, 6.07) is 9.05. The van der Waals surface area contributed by atoms with Crippen LogP contribution in [-0.2, 0) is 4.74 Å². The average molecular weight is 348 g/mol. The third-order valence-corrected chi connectivity index (χ3v) is 5.38. The highest BCUT2D eigenvalue weighted by Crippen LogP contribution is 2.66. The van der Waals surface area contributed by atoms with Crippen LogP contribution in [0.3, 0.4) is 0 Å². The normalized spacial score (nSPS) is 26.2. The summed E-state index contributed by atoms with van der Waals surface area (Å²) in [5.74, 6) is -0.260. The van der Waals surface area contributed by atoms with Gasteiger partial charge in [-0.05, 0) is 18.6 Å². The zero-order chi connectivity index (χ0) is 11.8. The van der Waals surface area contributed by atoms with Gasteiger partial charge >= 0.3 is 5.97 Å². The Kier molecular flexibility index (Phi) is 3.14. The average Bonchev–Trinajstić information content (AvgIpc) is 2.76. The number of halogens is 2. The number of hydrogen-bond donors (Lipinski definition) is 0. The molecule has 0 bridgehead atoms. The molecule has 0 saturated heterocycles. The van der Waals surface area contributed by atoms with E-state index in [4.69, 9.17) is 4.74 Å². The van der Waals surface area contributed by atoms with Gasteiger partial charge in [0.2, 0.25) is 0 Å². The summed E-state index contributed by atoms with van der Waals surface area (Å²) in [6.07, 6.45) is 0.960. The van der Waals surface area contributed by atoms with Gasteiger partial charge in [0, 0.05) is 5.41 Å². The van der Waals surface area contributed by atoms with Crippen molar-refractivity contribution in [3.8, 4) is 0 Å². The summed E-state index contributed by atoms with van der Waals surface area (Å²) < 4.78 is 5.23. The van der Waals surface area contributed by atoms with Crippen LogP contribution in [0.5, 0.6) is 0 Å². The summed E-state index contributed by atoms with van der Waals surface area (Å²) in [5.41, 5.74) is 0.596. The van der Waals surface area contributed by atoms with Crippen molar-refractivity contribution in [2.24, 2.45) is 5.41 Å². The fourth-order valence-electron chi connectivity index (χ4n) is 1.48. The molecule has 1 fully saturated rings. The first-order valence-electron chi connectivity index (χ1n) is 5.05. The lowest BCUT2D eigenvalue weighted by Gasteiger charge is -2.12. The number of hydrogen-bond acceptors (Lipinski definition) is 2. The Morgan fingerprint density at radius 2 is 1.94 bits per heavy atom. The number of alkyl halides is 2. The van der Waals surface area contributed by atoms with Gasteiger partial charge in [-0.3, -0.25) is 0 Å². The van der Waals surface area contributed by atoms with Crippen molar-refractivity contribution in [3.05, 3.63) is 35.9 Å². The molecule has 1 aromatic carbocycles. The minimum absolute atomic E-state index is 0.00254. The van der Waals surface area contributed by atoms with Gasteiger partial charge in [0.1, 0.15) is 0 Å². The van der Waals surface area contributed by atoms with E-state index >= 15 is 0 Å². The molecule has 16 heavy (non-hydrogen) atoms. The van der Waals surface area contributed by atoms with E-state index in [0.717, 1.165) is 6.42 Å². The highest BCUT2D eigenvalue weighted by Gasteiger charge is 2.62. The molecule has 0 amide bonds. The summed E-state index contributed by atoms with van der Waals surface area (Å²) in [7, 11) is 0. The molecule has 1 aromatic rings. The van der Waals surface area contributed by atoms with E-state index in [-0.39, 0.29) is 14.6 Å². The number of carbonyl (C=O) groups excluding carboxylic acids is 1. The molecule has 4 heteroatoms. The molecule has 0 heterocycles. The highest BCUT2D eigenvalue weighted by atomic mass is 79.9. The van der Waals surface area contributed by atoms with E-state index in [2.05, 4.69) is 38.8 Å². The van der Waals surface area contributed by atoms with Crippen LogP contribution in [0.1, 0.15) is 23.7 Å². The molecule has 0 aromatic heterocycles. The largest absolute Gasteiger partial charge is 0.461 e. The topological polar surface area (TPSA) is 26.3 Å². The number of esters is 1. The first-order valence-corrected chi connectivity index (χ1v) is 6.63. The molecule has 1 saturated carbocycles. The van der Waals surface area contributed by atoms with Crippen LogP contribution in [0.4, 0.5) is 0 Å². The second kappa shape index (κ2) is 4.15. The maximum absolute atomic E-state index is 11.7. The van der Waals surface area contributed by atoms with Crippen LogP contribution >= 0.6 is 31.9 Å². The summed E-state index contributed by atoms with van der Waals surface area (Å²) in [6.45, 7) is 2.51. The van der Waals surface area contributed by atoms with Gasteiger partial charge in [0.25, 0.3) is 0 Å². The number of rotatable bonds is 3. The van der Waals surface area contributed by atoms with E-state index in [9.17, 15) is 4.79 Å². The van der Waals surface area contributed by atoms with Gasteiger partial charge in [0.15, 0.2) is 0 Å².